The van der Waals surface area contributed by atoms with E-state index in [1.807, 2.05) is 18.2 Å². The lowest BCUT2D eigenvalue weighted by Crippen LogP contribution is -2.50. The van der Waals surface area contributed by atoms with E-state index in [2.05, 4.69) is 32.3 Å². The second kappa shape index (κ2) is 8.67. The van der Waals surface area contributed by atoms with Crippen molar-refractivity contribution in [2.75, 3.05) is 27.4 Å². The van der Waals surface area contributed by atoms with Gasteiger partial charge in [0.2, 0.25) is 6.79 Å². The molecule has 1 aliphatic rings. The molecule has 0 aromatic heterocycles. The van der Waals surface area contributed by atoms with Gasteiger partial charge in [0.1, 0.15) is 0 Å². The van der Waals surface area contributed by atoms with Gasteiger partial charge in [-0.1, -0.05) is 6.07 Å². The maximum atomic E-state index is 5.42. The van der Waals surface area contributed by atoms with Crippen LogP contribution < -0.4 is 41.8 Å². The zero-order valence-electron chi connectivity index (χ0n) is 12.9. The van der Waals surface area contributed by atoms with E-state index in [1.165, 1.54) is 0 Å². The molecule has 0 bridgehead atoms. The third-order valence-electron chi connectivity index (χ3n) is 3.12. The Hall–Kier alpha value is -1.88. The largest absolute Gasteiger partial charge is 0.454 e. The molecular formula is C13H20N6O2S2. The summed E-state index contributed by atoms with van der Waals surface area (Å²) in [5, 5.41) is 6.67. The number of hydrogen-bond acceptors (Lipinski definition) is 6. The predicted molar refractivity (Wildman–Crippen MR) is 96.0 cm³/mol. The molecule has 0 saturated heterocycles. The number of ether oxygens (including phenoxy) is 2. The molecular weight excluding hydrogens is 336 g/mol. The highest BCUT2D eigenvalue weighted by Crippen LogP contribution is 2.33. The molecule has 1 unspecified atom stereocenters. The van der Waals surface area contributed by atoms with Crippen molar-refractivity contribution in [3.8, 4) is 11.5 Å². The molecule has 0 amide bonds. The van der Waals surface area contributed by atoms with Crippen LogP contribution in [0.15, 0.2) is 18.2 Å². The lowest BCUT2D eigenvalue weighted by molar-refractivity contribution is 0.174. The first-order valence-corrected chi connectivity index (χ1v) is 7.79. The molecule has 0 spiro atoms. The first kappa shape index (κ1) is 17.5. The summed E-state index contributed by atoms with van der Waals surface area (Å²) >= 11 is 10.1. The summed E-state index contributed by atoms with van der Waals surface area (Å²) < 4.78 is 10.8. The smallest absolute Gasteiger partial charge is 0.231 e. The third kappa shape index (κ3) is 5.06. The predicted octanol–water partition coefficient (Wildman–Crippen LogP) is -0.347. The average Bonchev–Trinajstić information content (AvgIpc) is 3.04. The fourth-order valence-corrected chi connectivity index (χ4v) is 2.02. The fraction of sp³-hybridized carbons (Fsp3) is 0.385. The molecule has 1 aromatic carbocycles. The van der Waals surface area contributed by atoms with Crippen molar-refractivity contribution in [3.63, 3.8) is 0 Å². The monoisotopic (exact) mass is 356 g/mol. The summed E-state index contributed by atoms with van der Waals surface area (Å²) in [6, 6.07) is 5.69. The Bertz CT molecular complexity index is 571. The van der Waals surface area contributed by atoms with Gasteiger partial charge in [-0.15, -0.1) is 0 Å². The lowest BCUT2D eigenvalue weighted by Gasteiger charge is -2.22. The Kier molecular flexibility index (Phi) is 6.59. The maximum Gasteiger partial charge on any atom is 0.231 e. The molecule has 126 valence electrons. The number of benzene rings is 1. The van der Waals surface area contributed by atoms with Crippen LogP contribution in [0.2, 0.25) is 0 Å². The topological polar surface area (TPSA) is 90.6 Å². The highest BCUT2D eigenvalue weighted by molar-refractivity contribution is 7.80. The van der Waals surface area contributed by atoms with Crippen LogP contribution in [0.5, 0.6) is 11.5 Å². The van der Waals surface area contributed by atoms with Gasteiger partial charge in [0.05, 0.1) is 6.04 Å². The third-order valence-corrected chi connectivity index (χ3v) is 3.73. The van der Waals surface area contributed by atoms with E-state index >= 15 is 0 Å². The summed E-state index contributed by atoms with van der Waals surface area (Å²) in [7, 11) is 3.50. The lowest BCUT2D eigenvalue weighted by atomic mass is 10.1. The van der Waals surface area contributed by atoms with Crippen LogP contribution in [0.25, 0.3) is 0 Å². The number of hydrazine groups is 2. The van der Waals surface area contributed by atoms with Crippen LogP contribution in [0.1, 0.15) is 11.6 Å². The van der Waals surface area contributed by atoms with Crippen molar-refractivity contribution < 1.29 is 9.47 Å². The van der Waals surface area contributed by atoms with Gasteiger partial charge in [-0.3, -0.25) is 10.9 Å². The molecule has 0 aliphatic carbocycles. The molecule has 0 radical (unpaired) electrons. The Morgan fingerprint density at radius 2 is 1.78 bits per heavy atom. The van der Waals surface area contributed by atoms with E-state index in [4.69, 9.17) is 33.9 Å². The molecule has 2 rings (SSSR count). The van der Waals surface area contributed by atoms with E-state index in [-0.39, 0.29) is 12.8 Å². The molecule has 1 atom stereocenters. The minimum absolute atomic E-state index is 0.0945. The number of hydrogen-bond donors (Lipinski definition) is 6. The van der Waals surface area contributed by atoms with Gasteiger partial charge in [0, 0.05) is 20.6 Å². The van der Waals surface area contributed by atoms with Gasteiger partial charge in [-0.2, -0.15) is 0 Å². The van der Waals surface area contributed by atoms with E-state index in [0.717, 1.165) is 17.1 Å². The second-order valence-corrected chi connectivity index (χ2v) is 5.42. The van der Waals surface area contributed by atoms with E-state index in [1.54, 1.807) is 14.1 Å². The molecule has 10 heteroatoms. The van der Waals surface area contributed by atoms with E-state index < -0.39 is 0 Å². The van der Waals surface area contributed by atoms with Gasteiger partial charge in [0.15, 0.2) is 21.7 Å². The van der Waals surface area contributed by atoms with Gasteiger partial charge in [-0.05, 0) is 42.1 Å². The Morgan fingerprint density at radius 1 is 1.09 bits per heavy atom. The van der Waals surface area contributed by atoms with E-state index in [0.29, 0.717) is 16.8 Å². The highest BCUT2D eigenvalue weighted by atomic mass is 32.1. The van der Waals surface area contributed by atoms with Crippen molar-refractivity contribution in [1.29, 1.82) is 0 Å². The summed E-state index contributed by atoms with van der Waals surface area (Å²) in [5.74, 6) is 1.47. The van der Waals surface area contributed by atoms with Gasteiger partial charge >= 0.3 is 0 Å². The van der Waals surface area contributed by atoms with Gasteiger partial charge in [-0.25, -0.2) is 10.9 Å². The first-order valence-electron chi connectivity index (χ1n) is 6.97. The minimum Gasteiger partial charge on any atom is -0.454 e. The Labute approximate surface area is 145 Å². The van der Waals surface area contributed by atoms with Crippen molar-refractivity contribution in [1.82, 2.24) is 32.3 Å². The summed E-state index contributed by atoms with van der Waals surface area (Å²) in [6.45, 7) is 0.788. The average molecular weight is 356 g/mol. The van der Waals surface area contributed by atoms with Gasteiger partial charge < -0.3 is 20.1 Å². The molecule has 0 fully saturated rings. The second-order valence-electron chi connectivity index (χ2n) is 4.60. The SMILES string of the molecule is CNC(=S)NNCC(NNC(=S)NC)c1ccc2c(c1)OCO2. The van der Waals surface area contributed by atoms with Crippen LogP contribution in [0.3, 0.4) is 0 Å². The summed E-state index contributed by atoms with van der Waals surface area (Å²) in [5.41, 5.74) is 13.0. The zero-order chi connectivity index (χ0) is 16.7. The Balaban J connectivity index is 2.02. The fourth-order valence-electron chi connectivity index (χ4n) is 1.89. The molecule has 1 aromatic rings. The zero-order valence-corrected chi connectivity index (χ0v) is 14.5. The molecule has 1 heterocycles. The summed E-state index contributed by atoms with van der Waals surface area (Å²) in [6.07, 6.45) is 0. The molecule has 1 aliphatic heterocycles. The van der Waals surface area contributed by atoms with Crippen molar-refractivity contribution in [2.24, 2.45) is 0 Å². The van der Waals surface area contributed by atoms with Crippen LogP contribution in [0, 0.1) is 0 Å². The molecule has 23 heavy (non-hydrogen) atoms. The normalized spacial score (nSPS) is 13.1. The van der Waals surface area contributed by atoms with Crippen molar-refractivity contribution in [3.05, 3.63) is 23.8 Å². The summed E-state index contributed by atoms with van der Waals surface area (Å²) in [4.78, 5) is 0. The number of nitrogens with one attached hydrogen (secondary N) is 6. The van der Waals surface area contributed by atoms with E-state index in [9.17, 15) is 0 Å². The van der Waals surface area contributed by atoms with Crippen LogP contribution in [-0.2, 0) is 0 Å². The minimum atomic E-state index is -0.0945. The maximum absolute atomic E-state index is 5.42. The first-order chi connectivity index (χ1) is 11.1. The van der Waals surface area contributed by atoms with Crippen molar-refractivity contribution >= 4 is 34.7 Å². The number of fused-ring (bicyclic) bond motifs is 1. The van der Waals surface area contributed by atoms with Crippen LogP contribution in [-0.4, -0.2) is 37.7 Å². The molecule has 6 N–H and O–H groups in total. The number of rotatable bonds is 6. The van der Waals surface area contributed by atoms with Gasteiger partial charge in [0.25, 0.3) is 0 Å². The van der Waals surface area contributed by atoms with Crippen LogP contribution in [0.4, 0.5) is 0 Å². The Morgan fingerprint density at radius 3 is 2.52 bits per heavy atom. The van der Waals surface area contributed by atoms with Crippen LogP contribution >= 0.6 is 24.4 Å². The quantitative estimate of drug-likeness (QED) is 0.300. The highest BCUT2D eigenvalue weighted by Gasteiger charge is 2.18. The molecule has 0 saturated carbocycles. The molecule has 8 nitrogen and oxygen atoms in total. The standard InChI is InChI=1S/C13H20N6O2S2/c1-14-12(22)18-16-6-9(17-19-13(23)15-2)8-3-4-10-11(5-8)21-7-20-10/h3-5,9,16-17H,6-7H2,1-2H3,(H2,14,18,22)(H2,15,19,23). The number of thiocarbonyl (C=S) groups is 2. The van der Waals surface area contributed by atoms with Crippen molar-refractivity contribution in [2.45, 2.75) is 6.04 Å².